The Balaban J connectivity index is 1.56. The van der Waals surface area contributed by atoms with Crippen LogP contribution in [0.3, 0.4) is 0 Å². The molecule has 1 aliphatic heterocycles. The molecule has 3 aromatic rings. The van der Waals surface area contributed by atoms with Crippen LogP contribution in [0.4, 0.5) is 16.2 Å². The van der Waals surface area contributed by atoms with Crippen molar-refractivity contribution in [2.75, 3.05) is 17.2 Å². The molecule has 3 aromatic carbocycles. The standard InChI is InChI=1S/C30H31N5O6/c1-19(14-27(37)38)32-26(36)18-35-25(15-20-8-4-2-5-9-20)28(39)34-24-13-12-22(16-23(24)29(35)40)33-30(41)31-17-21-10-6-3-7-11-21/h2-13,16,19,25H,14-15,17-18H2,1H3,(H,32,36)(H,34,39)(H,37,38)(H2,31,33,41). The molecule has 0 saturated carbocycles. The summed E-state index contributed by atoms with van der Waals surface area (Å²) in [7, 11) is 0. The number of carbonyl (C=O) groups is 5. The molecule has 11 nitrogen and oxygen atoms in total. The molecule has 212 valence electrons. The van der Waals surface area contributed by atoms with Gasteiger partial charge in [-0.05, 0) is 36.2 Å². The fourth-order valence-corrected chi connectivity index (χ4v) is 4.53. The second-order valence-corrected chi connectivity index (χ2v) is 9.75. The van der Waals surface area contributed by atoms with Crippen LogP contribution < -0.4 is 21.3 Å². The maximum Gasteiger partial charge on any atom is 0.319 e. The van der Waals surface area contributed by atoms with Crippen molar-refractivity contribution in [3.05, 3.63) is 95.6 Å². The average molecular weight is 558 g/mol. The van der Waals surface area contributed by atoms with Crippen LogP contribution in [0.5, 0.6) is 0 Å². The van der Waals surface area contributed by atoms with E-state index in [2.05, 4.69) is 21.3 Å². The Morgan fingerprint density at radius 2 is 1.61 bits per heavy atom. The monoisotopic (exact) mass is 557 g/mol. The van der Waals surface area contributed by atoms with Gasteiger partial charge in [0.2, 0.25) is 11.8 Å². The summed E-state index contributed by atoms with van der Waals surface area (Å²) in [6.45, 7) is 1.37. The van der Waals surface area contributed by atoms with Crippen LogP contribution in [0.25, 0.3) is 0 Å². The summed E-state index contributed by atoms with van der Waals surface area (Å²) >= 11 is 0. The quantitative estimate of drug-likeness (QED) is 0.258. The van der Waals surface area contributed by atoms with Gasteiger partial charge in [0.05, 0.1) is 17.7 Å². The molecule has 0 bridgehead atoms. The van der Waals surface area contributed by atoms with Crippen molar-refractivity contribution in [2.45, 2.75) is 38.4 Å². The number of hydrogen-bond acceptors (Lipinski definition) is 5. The second kappa shape index (κ2) is 13.2. The molecular formula is C30H31N5O6. The largest absolute Gasteiger partial charge is 0.481 e. The highest BCUT2D eigenvalue weighted by atomic mass is 16.4. The first kappa shape index (κ1) is 28.8. The summed E-state index contributed by atoms with van der Waals surface area (Å²) in [4.78, 5) is 64.8. The number of anilines is 2. The lowest BCUT2D eigenvalue weighted by atomic mass is 10.0. The van der Waals surface area contributed by atoms with Crippen LogP contribution in [0.2, 0.25) is 0 Å². The van der Waals surface area contributed by atoms with E-state index in [9.17, 15) is 24.0 Å². The van der Waals surface area contributed by atoms with Crippen LogP contribution in [-0.4, -0.2) is 58.4 Å². The SMILES string of the molecule is CC(CC(=O)O)NC(=O)CN1C(=O)c2cc(NC(=O)NCc3ccccc3)ccc2NC(=O)C1Cc1ccccc1. The normalized spacial score (nSPS) is 15.1. The van der Waals surface area contributed by atoms with E-state index in [1.54, 1.807) is 13.0 Å². The maximum absolute atomic E-state index is 13.9. The first-order valence-electron chi connectivity index (χ1n) is 13.1. The van der Waals surface area contributed by atoms with Crippen LogP contribution in [0.1, 0.15) is 34.8 Å². The van der Waals surface area contributed by atoms with Gasteiger partial charge >= 0.3 is 12.0 Å². The minimum Gasteiger partial charge on any atom is -0.481 e. The summed E-state index contributed by atoms with van der Waals surface area (Å²) in [5.74, 6) is -2.75. The van der Waals surface area contributed by atoms with Crippen molar-refractivity contribution in [3.63, 3.8) is 0 Å². The number of urea groups is 1. The second-order valence-electron chi connectivity index (χ2n) is 9.75. The molecule has 0 fully saturated rings. The zero-order valence-electron chi connectivity index (χ0n) is 22.4. The summed E-state index contributed by atoms with van der Waals surface area (Å²) in [6, 6.07) is 20.8. The number of carbonyl (C=O) groups excluding carboxylic acids is 4. The first-order chi connectivity index (χ1) is 19.7. The average Bonchev–Trinajstić information content (AvgIpc) is 3.03. The van der Waals surface area contributed by atoms with Gasteiger partial charge in [-0.25, -0.2) is 4.79 Å². The predicted octanol–water partition coefficient (Wildman–Crippen LogP) is 2.99. The van der Waals surface area contributed by atoms with Crippen molar-refractivity contribution >= 4 is 41.1 Å². The molecule has 0 saturated heterocycles. The van der Waals surface area contributed by atoms with Gasteiger partial charge in [-0.1, -0.05) is 60.7 Å². The molecule has 4 rings (SSSR count). The minimum absolute atomic E-state index is 0.0983. The lowest BCUT2D eigenvalue weighted by molar-refractivity contribution is -0.137. The number of aliphatic carboxylic acids is 1. The van der Waals surface area contributed by atoms with Crippen molar-refractivity contribution in [3.8, 4) is 0 Å². The van der Waals surface area contributed by atoms with E-state index in [-0.39, 0.29) is 24.1 Å². The fourth-order valence-electron chi connectivity index (χ4n) is 4.53. The number of carboxylic acid groups (broad SMARTS) is 1. The van der Waals surface area contributed by atoms with Crippen molar-refractivity contribution in [1.82, 2.24) is 15.5 Å². The van der Waals surface area contributed by atoms with E-state index in [0.717, 1.165) is 11.1 Å². The van der Waals surface area contributed by atoms with E-state index in [1.807, 2.05) is 60.7 Å². The van der Waals surface area contributed by atoms with Gasteiger partial charge in [0.15, 0.2) is 0 Å². The van der Waals surface area contributed by atoms with Gasteiger partial charge in [0.25, 0.3) is 5.91 Å². The molecule has 1 aliphatic rings. The molecule has 41 heavy (non-hydrogen) atoms. The predicted molar refractivity (Wildman–Crippen MR) is 152 cm³/mol. The molecular weight excluding hydrogens is 526 g/mol. The van der Waals surface area contributed by atoms with Crippen molar-refractivity contribution < 1.29 is 29.1 Å². The van der Waals surface area contributed by atoms with Gasteiger partial charge in [0.1, 0.15) is 12.6 Å². The number of fused-ring (bicyclic) bond motifs is 1. The third kappa shape index (κ3) is 7.91. The van der Waals surface area contributed by atoms with Gasteiger partial charge in [-0.15, -0.1) is 0 Å². The maximum atomic E-state index is 13.9. The van der Waals surface area contributed by atoms with E-state index in [0.29, 0.717) is 12.2 Å². The number of nitrogens with zero attached hydrogens (tertiary/aromatic N) is 1. The number of rotatable bonds is 10. The Bertz CT molecular complexity index is 1430. The highest BCUT2D eigenvalue weighted by molar-refractivity contribution is 6.11. The highest BCUT2D eigenvalue weighted by Gasteiger charge is 2.37. The number of nitrogens with one attached hydrogen (secondary N) is 4. The smallest absolute Gasteiger partial charge is 0.319 e. The highest BCUT2D eigenvalue weighted by Crippen LogP contribution is 2.28. The molecule has 0 aliphatic carbocycles. The van der Waals surface area contributed by atoms with Crippen molar-refractivity contribution in [1.29, 1.82) is 0 Å². The Hall–Kier alpha value is -5.19. The first-order valence-corrected chi connectivity index (χ1v) is 13.1. The summed E-state index contributed by atoms with van der Waals surface area (Å²) in [5.41, 5.74) is 2.36. The Kier molecular flexibility index (Phi) is 9.31. The third-order valence-corrected chi connectivity index (χ3v) is 6.48. The zero-order valence-corrected chi connectivity index (χ0v) is 22.4. The van der Waals surface area contributed by atoms with Gasteiger partial charge in [-0.2, -0.15) is 0 Å². The minimum atomic E-state index is -1.08. The lowest BCUT2D eigenvalue weighted by Crippen LogP contribution is -2.51. The van der Waals surface area contributed by atoms with Crippen LogP contribution >= 0.6 is 0 Å². The molecule has 2 atom stereocenters. The van der Waals surface area contributed by atoms with Crippen LogP contribution in [0.15, 0.2) is 78.9 Å². The molecule has 1 heterocycles. The van der Waals surface area contributed by atoms with Crippen LogP contribution in [0, 0.1) is 0 Å². The summed E-state index contributed by atoms with van der Waals surface area (Å²) < 4.78 is 0. The topological polar surface area (TPSA) is 157 Å². The summed E-state index contributed by atoms with van der Waals surface area (Å²) in [5, 5.41) is 19.8. The van der Waals surface area contributed by atoms with E-state index in [4.69, 9.17) is 5.11 Å². The molecule has 5 amide bonds. The molecule has 5 N–H and O–H groups in total. The lowest BCUT2D eigenvalue weighted by Gasteiger charge is -2.29. The third-order valence-electron chi connectivity index (χ3n) is 6.48. The number of carboxylic acids is 1. The zero-order chi connectivity index (χ0) is 29.4. The van der Waals surface area contributed by atoms with E-state index < -0.39 is 48.4 Å². The number of hydrogen-bond donors (Lipinski definition) is 5. The molecule has 0 spiro atoms. The van der Waals surface area contributed by atoms with E-state index >= 15 is 0 Å². The number of amides is 5. The fraction of sp³-hybridized carbons (Fsp3) is 0.233. The molecule has 2 unspecified atom stereocenters. The van der Waals surface area contributed by atoms with E-state index in [1.165, 1.54) is 17.0 Å². The van der Waals surface area contributed by atoms with Crippen molar-refractivity contribution in [2.24, 2.45) is 0 Å². The summed E-state index contributed by atoms with van der Waals surface area (Å²) in [6.07, 6.45) is -0.144. The Morgan fingerprint density at radius 1 is 0.951 bits per heavy atom. The van der Waals surface area contributed by atoms with Gasteiger partial charge in [0, 0.05) is 24.7 Å². The van der Waals surface area contributed by atoms with Gasteiger partial charge < -0.3 is 31.3 Å². The van der Waals surface area contributed by atoms with Gasteiger partial charge in [-0.3, -0.25) is 19.2 Å². The molecule has 0 aromatic heterocycles. The van der Waals surface area contributed by atoms with Crippen LogP contribution in [-0.2, 0) is 27.3 Å². The Labute approximate surface area is 236 Å². The number of benzene rings is 3. The molecule has 0 radical (unpaired) electrons. The Morgan fingerprint density at radius 3 is 2.27 bits per heavy atom. The molecule has 11 heteroatoms.